The Balaban J connectivity index is 1.40. The molecular weight excluding hydrogens is 432 g/mol. The second kappa shape index (κ2) is 8.62. The van der Waals surface area contributed by atoms with E-state index in [0.29, 0.717) is 17.9 Å². The fourth-order valence-electron chi connectivity index (χ4n) is 5.83. The highest BCUT2D eigenvalue weighted by Crippen LogP contribution is 2.52. The Morgan fingerprint density at radius 3 is 2.63 bits per heavy atom. The number of para-hydroxylation sites is 1. The van der Waals surface area contributed by atoms with Gasteiger partial charge in [-0.1, -0.05) is 60.7 Å². The van der Waals surface area contributed by atoms with Crippen molar-refractivity contribution in [2.75, 3.05) is 16.8 Å². The van der Waals surface area contributed by atoms with E-state index >= 15 is 0 Å². The van der Waals surface area contributed by atoms with Crippen LogP contribution in [0.4, 0.5) is 11.4 Å². The Hall–Kier alpha value is -4.05. The highest BCUT2D eigenvalue weighted by molar-refractivity contribution is 6.06. The van der Waals surface area contributed by atoms with Crippen molar-refractivity contribution in [2.45, 2.75) is 25.3 Å². The molecule has 35 heavy (non-hydrogen) atoms. The number of amides is 1. The average Bonchev–Trinajstić information content (AvgIpc) is 3.40. The van der Waals surface area contributed by atoms with Crippen LogP contribution in [0.3, 0.4) is 0 Å². The normalized spacial score (nSPS) is 20.2. The van der Waals surface area contributed by atoms with Crippen molar-refractivity contribution in [1.82, 2.24) is 0 Å². The topological polar surface area (TPSA) is 52.6 Å². The molecule has 0 saturated carbocycles. The van der Waals surface area contributed by atoms with Crippen LogP contribution in [0.5, 0.6) is 5.75 Å². The third-order valence-electron chi connectivity index (χ3n) is 7.50. The zero-order valence-corrected chi connectivity index (χ0v) is 19.7. The zero-order valence-electron chi connectivity index (χ0n) is 19.7. The van der Waals surface area contributed by atoms with Crippen LogP contribution in [0.2, 0.25) is 0 Å². The highest BCUT2D eigenvalue weighted by Gasteiger charge is 2.40. The average molecular weight is 461 g/mol. The van der Waals surface area contributed by atoms with Gasteiger partial charge in [-0.15, -0.1) is 0 Å². The summed E-state index contributed by atoms with van der Waals surface area (Å²) in [7, 11) is 0. The fraction of sp³-hybridized carbons (Fsp3) is 0.194. The van der Waals surface area contributed by atoms with Crippen molar-refractivity contribution < 1.29 is 9.90 Å². The van der Waals surface area contributed by atoms with Crippen molar-refractivity contribution in [1.29, 1.82) is 0 Å². The number of nitrogens with one attached hydrogen (secondary N) is 1. The van der Waals surface area contributed by atoms with Gasteiger partial charge >= 0.3 is 0 Å². The first-order valence-electron chi connectivity index (χ1n) is 12.3. The fourth-order valence-corrected chi connectivity index (χ4v) is 5.83. The minimum absolute atomic E-state index is 0.00819. The Labute approximate surface area is 205 Å². The highest BCUT2D eigenvalue weighted by atomic mass is 16.3. The number of rotatable bonds is 4. The molecule has 1 amide bonds. The molecule has 2 aliphatic rings. The number of allylic oxidation sites excluding steroid dienone is 2. The molecule has 0 radical (unpaired) electrons. The van der Waals surface area contributed by atoms with Gasteiger partial charge in [-0.05, 0) is 72.0 Å². The van der Waals surface area contributed by atoms with Crippen molar-refractivity contribution >= 4 is 28.1 Å². The molecule has 1 heterocycles. The van der Waals surface area contributed by atoms with Gasteiger partial charge in [0.1, 0.15) is 5.75 Å². The molecule has 174 valence electrons. The van der Waals surface area contributed by atoms with E-state index in [4.69, 9.17) is 0 Å². The number of anilines is 2. The van der Waals surface area contributed by atoms with Gasteiger partial charge in [-0.2, -0.15) is 0 Å². The first-order chi connectivity index (χ1) is 17.2. The van der Waals surface area contributed by atoms with Crippen molar-refractivity contribution in [3.05, 3.63) is 114 Å². The molecule has 4 heteroatoms. The lowest BCUT2D eigenvalue weighted by molar-refractivity contribution is 0.0988. The number of nitrogens with zero attached hydrogens (tertiary/aromatic N) is 1. The Morgan fingerprint density at radius 1 is 1.00 bits per heavy atom. The van der Waals surface area contributed by atoms with E-state index in [2.05, 4.69) is 35.7 Å². The lowest BCUT2D eigenvalue weighted by Gasteiger charge is -2.38. The molecule has 4 nitrogen and oxygen atoms in total. The Morgan fingerprint density at radius 2 is 1.80 bits per heavy atom. The summed E-state index contributed by atoms with van der Waals surface area (Å²) in [5.74, 6) is 0.785. The van der Waals surface area contributed by atoms with Crippen molar-refractivity contribution in [3.8, 4) is 5.75 Å². The molecule has 0 bridgehead atoms. The van der Waals surface area contributed by atoms with Gasteiger partial charge in [0.05, 0.1) is 6.04 Å². The van der Waals surface area contributed by atoms with E-state index in [1.165, 1.54) is 0 Å². The number of hydrogen-bond acceptors (Lipinski definition) is 3. The number of aromatic hydroxyl groups is 1. The summed E-state index contributed by atoms with van der Waals surface area (Å²) in [6.45, 7) is 2.61. The van der Waals surface area contributed by atoms with Crippen LogP contribution < -0.4 is 10.2 Å². The molecule has 0 aromatic heterocycles. The van der Waals surface area contributed by atoms with E-state index in [1.807, 2.05) is 72.5 Å². The number of hydrogen-bond donors (Lipinski definition) is 2. The Kier molecular flexibility index (Phi) is 5.29. The third kappa shape index (κ3) is 3.57. The van der Waals surface area contributed by atoms with Gasteiger partial charge in [-0.25, -0.2) is 0 Å². The van der Waals surface area contributed by atoms with Crippen LogP contribution in [-0.4, -0.2) is 17.6 Å². The van der Waals surface area contributed by atoms with Crippen LogP contribution in [-0.2, 0) is 0 Å². The standard InChI is InChI=1S/C31H28N2O2/c1-2-33(22-10-4-3-5-11-22)31(35)21-15-17-27-26(19-21)24-13-8-14-25(24)30(32-27)29-23-12-7-6-9-20(23)16-18-28(29)34/h3-13,15-19,24-25,30,32,34H,2,14H2,1H3. The van der Waals surface area contributed by atoms with E-state index in [-0.39, 0.29) is 23.8 Å². The molecular formula is C31H28N2O2. The van der Waals surface area contributed by atoms with Gasteiger partial charge in [0, 0.05) is 35.0 Å². The largest absolute Gasteiger partial charge is 0.508 e. The monoisotopic (exact) mass is 460 g/mol. The number of fused-ring (bicyclic) bond motifs is 4. The second-order valence-corrected chi connectivity index (χ2v) is 9.38. The molecule has 2 N–H and O–H groups in total. The molecule has 3 unspecified atom stereocenters. The number of carbonyl (C=O) groups is 1. The zero-order chi connectivity index (χ0) is 23.9. The van der Waals surface area contributed by atoms with Gasteiger partial charge in [0.15, 0.2) is 0 Å². The van der Waals surface area contributed by atoms with Gasteiger partial charge in [-0.3, -0.25) is 4.79 Å². The van der Waals surface area contributed by atoms with E-state index < -0.39 is 0 Å². The minimum Gasteiger partial charge on any atom is -0.508 e. The summed E-state index contributed by atoms with van der Waals surface area (Å²) in [6, 6.07) is 27.8. The molecule has 6 rings (SSSR count). The summed E-state index contributed by atoms with van der Waals surface area (Å²) < 4.78 is 0. The number of phenols is 1. The number of benzene rings is 4. The molecule has 4 aromatic carbocycles. The summed E-state index contributed by atoms with van der Waals surface area (Å²) in [5, 5.41) is 16.9. The van der Waals surface area contributed by atoms with Crippen LogP contribution in [0, 0.1) is 5.92 Å². The second-order valence-electron chi connectivity index (χ2n) is 9.38. The van der Waals surface area contributed by atoms with E-state index in [1.54, 1.807) is 6.07 Å². The first kappa shape index (κ1) is 21.5. The number of carbonyl (C=O) groups excluding carboxylic acids is 1. The SMILES string of the molecule is CCN(C(=O)c1ccc2c(c1)C1C=CCC1C(c1c(O)ccc3ccccc13)N2)c1ccccc1. The molecule has 1 aliphatic carbocycles. The van der Waals surface area contributed by atoms with Crippen LogP contribution in [0.25, 0.3) is 10.8 Å². The van der Waals surface area contributed by atoms with Crippen molar-refractivity contribution in [2.24, 2.45) is 5.92 Å². The van der Waals surface area contributed by atoms with Crippen LogP contribution in [0.1, 0.15) is 46.8 Å². The maximum Gasteiger partial charge on any atom is 0.258 e. The quantitative estimate of drug-likeness (QED) is 0.321. The predicted molar refractivity (Wildman–Crippen MR) is 142 cm³/mol. The lowest BCUT2D eigenvalue weighted by Crippen LogP contribution is -2.32. The van der Waals surface area contributed by atoms with Gasteiger partial charge < -0.3 is 15.3 Å². The summed E-state index contributed by atoms with van der Waals surface area (Å²) in [6.07, 6.45) is 5.42. The third-order valence-corrected chi connectivity index (χ3v) is 7.50. The predicted octanol–water partition coefficient (Wildman–Crippen LogP) is 7.04. The summed E-state index contributed by atoms with van der Waals surface area (Å²) >= 11 is 0. The summed E-state index contributed by atoms with van der Waals surface area (Å²) in [5.41, 5.74) is 4.72. The smallest absolute Gasteiger partial charge is 0.258 e. The molecule has 0 fully saturated rings. The maximum atomic E-state index is 13.5. The van der Waals surface area contributed by atoms with E-state index in [9.17, 15) is 9.90 Å². The minimum atomic E-state index is -0.0217. The number of phenolic OH excluding ortho intramolecular Hbond substituents is 1. The van der Waals surface area contributed by atoms with Gasteiger partial charge in [0.2, 0.25) is 0 Å². The van der Waals surface area contributed by atoms with Crippen molar-refractivity contribution in [3.63, 3.8) is 0 Å². The first-order valence-corrected chi connectivity index (χ1v) is 12.3. The van der Waals surface area contributed by atoms with E-state index in [0.717, 1.165) is 39.7 Å². The maximum absolute atomic E-state index is 13.5. The molecule has 4 aromatic rings. The lowest BCUT2D eigenvalue weighted by atomic mass is 9.75. The van der Waals surface area contributed by atoms with Crippen LogP contribution in [0.15, 0.2) is 97.1 Å². The van der Waals surface area contributed by atoms with Crippen LogP contribution >= 0.6 is 0 Å². The molecule has 3 atom stereocenters. The molecule has 1 aliphatic heterocycles. The Bertz CT molecular complexity index is 1440. The van der Waals surface area contributed by atoms with Gasteiger partial charge in [0.25, 0.3) is 5.91 Å². The molecule has 0 saturated heterocycles. The summed E-state index contributed by atoms with van der Waals surface area (Å²) in [4.78, 5) is 15.3. The molecule has 0 spiro atoms.